The molecule has 0 heterocycles. The molecule has 3 heteroatoms. The zero-order valence-electron chi connectivity index (χ0n) is 12.1. The van der Waals surface area contributed by atoms with Crippen LogP contribution in [0.2, 0.25) is 0 Å². The van der Waals surface area contributed by atoms with Crippen molar-refractivity contribution in [3.8, 4) is 0 Å². The molecule has 0 aliphatic rings. The van der Waals surface area contributed by atoms with E-state index >= 15 is 0 Å². The Bertz CT molecular complexity index is 197. The molecule has 0 fully saturated rings. The average Bonchev–Trinajstić information content (AvgIpc) is 2.35. The lowest BCUT2D eigenvalue weighted by molar-refractivity contribution is -0.121. The van der Waals surface area contributed by atoms with Gasteiger partial charge in [0.25, 0.3) is 0 Å². The van der Waals surface area contributed by atoms with E-state index in [0.29, 0.717) is 12.5 Å². The van der Waals surface area contributed by atoms with Crippen molar-refractivity contribution in [3.05, 3.63) is 0 Å². The number of halogens is 1. The number of nitrogens with one attached hydrogen (secondary N) is 1. The van der Waals surface area contributed by atoms with Gasteiger partial charge >= 0.3 is 0 Å². The van der Waals surface area contributed by atoms with E-state index in [1.807, 2.05) is 0 Å². The van der Waals surface area contributed by atoms with Gasteiger partial charge in [-0.25, -0.2) is 0 Å². The quantitative estimate of drug-likeness (QED) is 0.406. The van der Waals surface area contributed by atoms with Gasteiger partial charge in [-0.2, -0.15) is 0 Å². The Kier molecular flexibility index (Phi) is 13.3. The SMILES string of the molecule is CCCCCCCCCC(=O)NC(C)CCCBr. The third-order valence-electron chi connectivity index (χ3n) is 3.19. The predicted octanol–water partition coefficient (Wildman–Crippen LogP) is 4.81. The molecule has 0 aromatic carbocycles. The lowest BCUT2D eigenvalue weighted by Gasteiger charge is -2.12. The molecule has 0 saturated carbocycles. The highest BCUT2D eigenvalue weighted by Crippen LogP contribution is 2.08. The molecule has 0 rings (SSSR count). The van der Waals surface area contributed by atoms with Gasteiger partial charge in [-0.15, -0.1) is 0 Å². The summed E-state index contributed by atoms with van der Waals surface area (Å²) in [6, 6.07) is 0.319. The van der Waals surface area contributed by atoms with Crippen molar-refractivity contribution in [2.24, 2.45) is 0 Å². The molecule has 1 atom stereocenters. The van der Waals surface area contributed by atoms with E-state index < -0.39 is 0 Å². The Labute approximate surface area is 121 Å². The predicted molar refractivity (Wildman–Crippen MR) is 83.2 cm³/mol. The Balaban J connectivity index is 3.31. The zero-order chi connectivity index (χ0) is 13.6. The smallest absolute Gasteiger partial charge is 0.220 e. The molecule has 0 radical (unpaired) electrons. The van der Waals surface area contributed by atoms with Crippen LogP contribution in [0.1, 0.15) is 78.1 Å². The maximum absolute atomic E-state index is 11.6. The van der Waals surface area contributed by atoms with Crippen LogP contribution in [0.15, 0.2) is 0 Å². The van der Waals surface area contributed by atoms with Gasteiger partial charge in [0, 0.05) is 17.8 Å². The number of rotatable bonds is 12. The van der Waals surface area contributed by atoms with Crippen LogP contribution in [0.4, 0.5) is 0 Å². The van der Waals surface area contributed by atoms with Crippen molar-refractivity contribution in [1.29, 1.82) is 0 Å². The first kappa shape index (κ1) is 17.9. The maximum Gasteiger partial charge on any atom is 0.220 e. The summed E-state index contributed by atoms with van der Waals surface area (Å²) < 4.78 is 0. The first-order valence-corrected chi connectivity index (χ1v) is 8.68. The van der Waals surface area contributed by atoms with Crippen molar-refractivity contribution >= 4 is 21.8 Å². The number of hydrogen-bond donors (Lipinski definition) is 1. The molecule has 1 N–H and O–H groups in total. The molecule has 2 nitrogen and oxygen atoms in total. The fourth-order valence-electron chi connectivity index (χ4n) is 2.05. The largest absolute Gasteiger partial charge is 0.354 e. The molecule has 1 unspecified atom stereocenters. The van der Waals surface area contributed by atoms with Gasteiger partial charge in [0.2, 0.25) is 5.91 Å². The van der Waals surface area contributed by atoms with Crippen LogP contribution >= 0.6 is 15.9 Å². The minimum atomic E-state index is 0.227. The molecule has 0 bridgehead atoms. The van der Waals surface area contributed by atoms with E-state index in [1.165, 1.54) is 38.5 Å². The van der Waals surface area contributed by atoms with Crippen LogP contribution in [0, 0.1) is 0 Å². The number of amides is 1. The monoisotopic (exact) mass is 319 g/mol. The van der Waals surface area contributed by atoms with E-state index in [9.17, 15) is 4.79 Å². The molecular weight excluding hydrogens is 290 g/mol. The fraction of sp³-hybridized carbons (Fsp3) is 0.933. The molecule has 0 aliphatic carbocycles. The normalized spacial score (nSPS) is 12.4. The van der Waals surface area contributed by atoms with Crippen molar-refractivity contribution in [3.63, 3.8) is 0 Å². The van der Waals surface area contributed by atoms with E-state index in [4.69, 9.17) is 0 Å². The number of unbranched alkanes of at least 4 members (excludes halogenated alkanes) is 6. The van der Waals surface area contributed by atoms with E-state index in [2.05, 4.69) is 35.1 Å². The first-order valence-electron chi connectivity index (χ1n) is 7.56. The first-order chi connectivity index (χ1) is 8.70. The number of carbonyl (C=O) groups is 1. The third kappa shape index (κ3) is 12.4. The average molecular weight is 320 g/mol. The second kappa shape index (κ2) is 13.4. The summed E-state index contributed by atoms with van der Waals surface area (Å²) in [4.78, 5) is 11.6. The molecule has 108 valence electrons. The van der Waals surface area contributed by atoms with E-state index in [-0.39, 0.29) is 5.91 Å². The summed E-state index contributed by atoms with van der Waals surface area (Å²) >= 11 is 3.41. The van der Waals surface area contributed by atoms with Crippen LogP contribution < -0.4 is 5.32 Å². The van der Waals surface area contributed by atoms with Gasteiger partial charge in [-0.1, -0.05) is 61.4 Å². The zero-order valence-corrected chi connectivity index (χ0v) is 13.7. The van der Waals surface area contributed by atoms with Gasteiger partial charge in [-0.05, 0) is 26.2 Å². The molecule has 0 aliphatic heterocycles. The third-order valence-corrected chi connectivity index (χ3v) is 3.75. The number of carbonyl (C=O) groups excluding carboxylic acids is 1. The van der Waals surface area contributed by atoms with Crippen LogP contribution in [0.25, 0.3) is 0 Å². The lowest BCUT2D eigenvalue weighted by Crippen LogP contribution is -2.32. The van der Waals surface area contributed by atoms with Gasteiger partial charge in [0.15, 0.2) is 0 Å². The van der Waals surface area contributed by atoms with Crippen LogP contribution in [-0.2, 0) is 4.79 Å². The maximum atomic E-state index is 11.6. The molecular formula is C15H30BrNO. The lowest BCUT2D eigenvalue weighted by atomic mass is 10.1. The Hall–Kier alpha value is -0.0500. The number of hydrogen-bond acceptors (Lipinski definition) is 1. The second-order valence-corrected chi connectivity index (χ2v) is 5.96. The van der Waals surface area contributed by atoms with Gasteiger partial charge < -0.3 is 5.32 Å². The van der Waals surface area contributed by atoms with Gasteiger partial charge in [0.1, 0.15) is 0 Å². The van der Waals surface area contributed by atoms with Crippen molar-refractivity contribution in [2.45, 2.75) is 84.1 Å². The van der Waals surface area contributed by atoms with E-state index in [1.54, 1.807) is 0 Å². The second-order valence-electron chi connectivity index (χ2n) is 5.17. The fourth-order valence-corrected chi connectivity index (χ4v) is 2.37. The van der Waals surface area contributed by atoms with Gasteiger partial charge in [-0.3, -0.25) is 4.79 Å². The number of alkyl halides is 1. The van der Waals surface area contributed by atoms with E-state index in [0.717, 1.165) is 24.6 Å². The highest BCUT2D eigenvalue weighted by molar-refractivity contribution is 9.09. The van der Waals surface area contributed by atoms with Crippen molar-refractivity contribution < 1.29 is 4.79 Å². The summed E-state index contributed by atoms with van der Waals surface area (Å²) in [5.74, 6) is 0.227. The van der Waals surface area contributed by atoms with Gasteiger partial charge in [0.05, 0.1) is 0 Å². The molecule has 0 spiro atoms. The minimum Gasteiger partial charge on any atom is -0.354 e. The van der Waals surface area contributed by atoms with Crippen LogP contribution in [0.3, 0.4) is 0 Å². The molecule has 18 heavy (non-hydrogen) atoms. The van der Waals surface area contributed by atoms with Crippen molar-refractivity contribution in [1.82, 2.24) is 5.32 Å². The summed E-state index contributed by atoms with van der Waals surface area (Å²) in [5, 5.41) is 4.08. The molecule has 0 aromatic heterocycles. The summed E-state index contributed by atoms with van der Waals surface area (Å²) in [7, 11) is 0. The topological polar surface area (TPSA) is 29.1 Å². The van der Waals surface area contributed by atoms with Crippen molar-refractivity contribution in [2.75, 3.05) is 5.33 Å². The standard InChI is InChI=1S/C15H30BrNO/c1-3-4-5-6-7-8-9-12-15(18)17-14(2)11-10-13-16/h14H,3-13H2,1-2H3,(H,17,18). The molecule has 0 aromatic rings. The Morgan fingerprint density at radius 3 is 2.28 bits per heavy atom. The van der Waals surface area contributed by atoms with Crippen LogP contribution in [-0.4, -0.2) is 17.3 Å². The highest BCUT2D eigenvalue weighted by atomic mass is 79.9. The summed E-state index contributed by atoms with van der Waals surface area (Å²) in [5.41, 5.74) is 0. The summed E-state index contributed by atoms with van der Waals surface area (Å²) in [6.45, 7) is 4.33. The summed E-state index contributed by atoms with van der Waals surface area (Å²) in [6.07, 6.45) is 11.8. The molecule has 0 saturated heterocycles. The highest BCUT2D eigenvalue weighted by Gasteiger charge is 2.06. The Morgan fingerprint density at radius 1 is 1.06 bits per heavy atom. The molecule has 1 amide bonds. The minimum absolute atomic E-state index is 0.227. The Morgan fingerprint density at radius 2 is 1.67 bits per heavy atom. The van der Waals surface area contributed by atoms with Crippen LogP contribution in [0.5, 0.6) is 0 Å².